The zero-order valence-corrected chi connectivity index (χ0v) is 17.8. The molecule has 1 aromatic carbocycles. The van der Waals surface area contributed by atoms with E-state index in [-0.39, 0.29) is 19.0 Å². The Morgan fingerprint density at radius 1 is 1.20 bits per heavy atom. The molecule has 0 bridgehead atoms. The van der Waals surface area contributed by atoms with Crippen LogP contribution in [0.2, 0.25) is 0 Å². The number of hydrogen-bond donors (Lipinski definition) is 0. The number of allylic oxidation sites excluding steroid dienone is 1. The van der Waals surface area contributed by atoms with Gasteiger partial charge in [-0.2, -0.15) is 0 Å². The van der Waals surface area contributed by atoms with Crippen LogP contribution in [0.3, 0.4) is 0 Å². The molecule has 6 nitrogen and oxygen atoms in total. The molecule has 0 atom stereocenters. The Bertz CT molecular complexity index is 1130. The largest absolute Gasteiger partial charge is 0.454 e. The average molecular weight is 406 g/mol. The van der Waals surface area contributed by atoms with Crippen molar-refractivity contribution in [2.45, 2.75) is 33.9 Å². The Labute approximate surface area is 176 Å². The van der Waals surface area contributed by atoms with Crippen LogP contribution >= 0.6 is 0 Å². The van der Waals surface area contributed by atoms with Crippen LogP contribution in [-0.4, -0.2) is 35.0 Å². The minimum absolute atomic E-state index is 0.173. The Balaban J connectivity index is 1.86. The van der Waals surface area contributed by atoms with Crippen LogP contribution in [-0.2, 0) is 22.6 Å². The van der Waals surface area contributed by atoms with Gasteiger partial charge in [0.1, 0.15) is 0 Å². The first kappa shape index (κ1) is 21.5. The molecule has 0 saturated heterocycles. The molecule has 0 spiro atoms. The van der Waals surface area contributed by atoms with Crippen LogP contribution < -0.4 is 0 Å². The molecular formula is C24H26N2O4. The highest BCUT2D eigenvalue weighted by atomic mass is 16.5. The Morgan fingerprint density at radius 2 is 1.93 bits per heavy atom. The van der Waals surface area contributed by atoms with E-state index in [0.717, 1.165) is 27.9 Å². The lowest BCUT2D eigenvalue weighted by atomic mass is 10.0. The minimum atomic E-state index is -0.578. The minimum Gasteiger partial charge on any atom is -0.454 e. The van der Waals surface area contributed by atoms with Crippen molar-refractivity contribution in [3.05, 3.63) is 76.8 Å². The summed E-state index contributed by atoms with van der Waals surface area (Å²) in [6.07, 6.45) is 1.78. The smallest absolute Gasteiger partial charge is 0.340 e. The van der Waals surface area contributed by atoms with Gasteiger partial charge in [-0.3, -0.25) is 4.79 Å². The molecular weight excluding hydrogens is 380 g/mol. The van der Waals surface area contributed by atoms with Crippen molar-refractivity contribution < 1.29 is 19.1 Å². The maximum absolute atomic E-state index is 12.9. The molecule has 0 aliphatic heterocycles. The number of benzene rings is 1. The third kappa shape index (κ3) is 4.04. The Hall–Kier alpha value is -3.25. The number of ketones is 1. The zero-order valence-electron chi connectivity index (χ0n) is 17.8. The summed E-state index contributed by atoms with van der Waals surface area (Å²) in [6.45, 7) is 9.86. The number of carbonyl (C=O) groups excluding carboxylic acids is 2. The lowest BCUT2D eigenvalue weighted by molar-refractivity contribution is 0.0469. The summed E-state index contributed by atoms with van der Waals surface area (Å²) in [6, 6.07) is 9.40. The summed E-state index contributed by atoms with van der Waals surface area (Å²) < 4.78 is 12.6. The van der Waals surface area contributed by atoms with Gasteiger partial charge in [0.2, 0.25) is 5.78 Å². The Kier molecular flexibility index (Phi) is 6.47. The van der Waals surface area contributed by atoms with Gasteiger partial charge in [0.15, 0.2) is 6.61 Å². The van der Waals surface area contributed by atoms with E-state index in [4.69, 9.17) is 9.47 Å². The molecule has 0 aliphatic carbocycles. The van der Waals surface area contributed by atoms with Crippen LogP contribution in [0.1, 0.15) is 43.4 Å². The summed E-state index contributed by atoms with van der Waals surface area (Å²) in [4.78, 5) is 30.2. The molecule has 0 aliphatic rings. The van der Waals surface area contributed by atoms with Gasteiger partial charge < -0.3 is 14.0 Å². The van der Waals surface area contributed by atoms with E-state index in [1.807, 2.05) is 55.7 Å². The van der Waals surface area contributed by atoms with Crippen LogP contribution in [0.5, 0.6) is 0 Å². The topological polar surface area (TPSA) is 70.4 Å². The molecule has 0 fully saturated rings. The summed E-state index contributed by atoms with van der Waals surface area (Å²) in [5, 5.41) is 0.864. The van der Waals surface area contributed by atoms with Crippen molar-refractivity contribution in [1.82, 2.24) is 9.55 Å². The maximum atomic E-state index is 12.9. The molecule has 2 aromatic heterocycles. The van der Waals surface area contributed by atoms with Crippen LogP contribution in [0.4, 0.5) is 0 Å². The number of nitrogens with zero attached hydrogens (tertiary/aromatic N) is 2. The number of aromatic nitrogens is 2. The quantitative estimate of drug-likeness (QED) is 0.316. The lowest BCUT2D eigenvalue weighted by Crippen LogP contribution is -2.18. The highest BCUT2D eigenvalue weighted by Gasteiger charge is 2.22. The third-order valence-electron chi connectivity index (χ3n) is 5.23. The third-order valence-corrected chi connectivity index (χ3v) is 5.23. The molecule has 0 radical (unpaired) electrons. The van der Waals surface area contributed by atoms with Crippen LogP contribution in [0.25, 0.3) is 10.9 Å². The number of carbonyl (C=O) groups is 2. The normalized spacial score (nSPS) is 10.9. The van der Waals surface area contributed by atoms with E-state index < -0.39 is 5.97 Å². The van der Waals surface area contributed by atoms with Crippen molar-refractivity contribution >= 4 is 22.7 Å². The fourth-order valence-electron chi connectivity index (χ4n) is 3.73. The van der Waals surface area contributed by atoms with Gasteiger partial charge in [-0.05, 0) is 38.5 Å². The van der Waals surface area contributed by atoms with E-state index in [2.05, 4.69) is 11.6 Å². The molecule has 156 valence electrons. The summed E-state index contributed by atoms with van der Waals surface area (Å²) in [7, 11) is 1.55. The number of ether oxygens (including phenoxy) is 2. The maximum Gasteiger partial charge on any atom is 0.340 e. The molecule has 3 rings (SSSR count). The van der Waals surface area contributed by atoms with Gasteiger partial charge in [-0.1, -0.05) is 24.3 Å². The van der Waals surface area contributed by atoms with Gasteiger partial charge in [0.05, 0.1) is 23.4 Å². The van der Waals surface area contributed by atoms with Gasteiger partial charge in [0, 0.05) is 36.0 Å². The summed E-state index contributed by atoms with van der Waals surface area (Å²) >= 11 is 0. The van der Waals surface area contributed by atoms with Gasteiger partial charge in [0.25, 0.3) is 0 Å². The molecule has 30 heavy (non-hydrogen) atoms. The van der Waals surface area contributed by atoms with Gasteiger partial charge >= 0.3 is 5.97 Å². The monoisotopic (exact) mass is 406 g/mol. The van der Waals surface area contributed by atoms with E-state index in [9.17, 15) is 9.59 Å². The van der Waals surface area contributed by atoms with Crippen molar-refractivity contribution in [3.63, 3.8) is 0 Å². The number of esters is 1. The first-order valence-electron chi connectivity index (χ1n) is 9.74. The van der Waals surface area contributed by atoms with E-state index in [1.165, 1.54) is 0 Å². The number of fused-ring (bicyclic) bond motifs is 1. The van der Waals surface area contributed by atoms with E-state index in [1.54, 1.807) is 13.2 Å². The zero-order chi connectivity index (χ0) is 21.8. The SMILES string of the molecule is C=CCn1c(C)cc(C(=O)COC(=O)c2c(COC)nc3ccccc3c2C)c1C. The second-order valence-corrected chi connectivity index (χ2v) is 7.19. The fraction of sp³-hybridized carbons (Fsp3) is 0.292. The van der Waals surface area contributed by atoms with Crippen molar-refractivity contribution in [1.29, 1.82) is 0 Å². The molecule has 0 amide bonds. The second kappa shape index (κ2) is 9.05. The first-order valence-corrected chi connectivity index (χ1v) is 9.74. The highest BCUT2D eigenvalue weighted by molar-refractivity contribution is 6.02. The average Bonchev–Trinajstić information content (AvgIpc) is 3.01. The number of rotatable bonds is 8. The van der Waals surface area contributed by atoms with Gasteiger partial charge in [-0.15, -0.1) is 6.58 Å². The highest BCUT2D eigenvalue weighted by Crippen LogP contribution is 2.24. The van der Waals surface area contributed by atoms with Crippen molar-refractivity contribution in [2.75, 3.05) is 13.7 Å². The molecule has 3 aromatic rings. The number of methoxy groups -OCH3 is 1. The van der Waals surface area contributed by atoms with Crippen LogP contribution in [0, 0.1) is 20.8 Å². The standard InChI is InChI=1S/C24H26N2O4/c1-6-11-26-15(2)12-19(17(26)4)22(27)14-30-24(28)23-16(3)18-9-7-8-10-20(18)25-21(23)13-29-5/h6-10,12H,1,11,13-14H2,2-5H3. The Morgan fingerprint density at radius 3 is 2.63 bits per heavy atom. The number of pyridine rings is 1. The molecule has 2 heterocycles. The number of hydrogen-bond acceptors (Lipinski definition) is 5. The molecule has 0 unspecified atom stereocenters. The molecule has 0 N–H and O–H groups in total. The second-order valence-electron chi connectivity index (χ2n) is 7.19. The number of aryl methyl sites for hydroxylation is 2. The summed E-state index contributed by atoms with van der Waals surface area (Å²) in [5.74, 6) is -0.822. The predicted molar refractivity (Wildman–Crippen MR) is 116 cm³/mol. The lowest BCUT2D eigenvalue weighted by Gasteiger charge is -2.13. The number of para-hydroxylation sites is 1. The van der Waals surface area contributed by atoms with E-state index in [0.29, 0.717) is 23.4 Å². The van der Waals surface area contributed by atoms with Crippen molar-refractivity contribution in [3.8, 4) is 0 Å². The molecule has 6 heteroatoms. The molecule has 0 saturated carbocycles. The van der Waals surface area contributed by atoms with E-state index >= 15 is 0 Å². The first-order chi connectivity index (χ1) is 14.4. The van der Waals surface area contributed by atoms with Gasteiger partial charge in [-0.25, -0.2) is 9.78 Å². The van der Waals surface area contributed by atoms with Crippen LogP contribution in [0.15, 0.2) is 43.0 Å². The fourth-order valence-corrected chi connectivity index (χ4v) is 3.73. The summed E-state index contributed by atoms with van der Waals surface area (Å²) in [5.41, 5.74) is 4.72. The predicted octanol–water partition coefficient (Wildman–Crippen LogP) is 4.33. The van der Waals surface area contributed by atoms with Crippen molar-refractivity contribution in [2.24, 2.45) is 0 Å². The number of Topliss-reactive ketones (excluding diaryl/α,β-unsaturated/α-hetero) is 1.